The second-order valence-electron chi connectivity index (χ2n) is 27.1. The molecule has 0 radical (unpaired) electrons. The molecular formula is C97H79N5O8S. The van der Waals surface area contributed by atoms with Crippen molar-refractivity contribution in [3.63, 3.8) is 0 Å². The third-order valence-corrected chi connectivity index (χ3v) is 22.1. The van der Waals surface area contributed by atoms with Gasteiger partial charge in [0.25, 0.3) is 0 Å². The third kappa shape index (κ3) is 13.5. The molecule has 0 saturated carbocycles. The van der Waals surface area contributed by atoms with Gasteiger partial charge in [-0.25, -0.2) is 0 Å². The van der Waals surface area contributed by atoms with Gasteiger partial charge in [0, 0.05) is 85.1 Å². The number of ether oxygens (including phenoxy) is 8. The Morgan fingerprint density at radius 2 is 0.405 bits per heavy atom. The van der Waals surface area contributed by atoms with Crippen molar-refractivity contribution in [1.82, 2.24) is 0 Å². The summed E-state index contributed by atoms with van der Waals surface area (Å²) in [5.74, 6) is 6.21. The van der Waals surface area contributed by atoms with Gasteiger partial charge >= 0.3 is 0 Å². The van der Waals surface area contributed by atoms with Crippen LogP contribution in [0, 0.1) is 0 Å². The molecule has 0 aromatic heterocycles. The molecule has 14 aromatic rings. The van der Waals surface area contributed by atoms with Crippen LogP contribution in [0.4, 0.5) is 79.6 Å². The fraction of sp³-hybridized carbons (Fsp3) is 0.0928. The first-order chi connectivity index (χ1) is 54.5. The molecule has 13 nitrogen and oxygen atoms in total. The van der Waals surface area contributed by atoms with Crippen LogP contribution in [0.3, 0.4) is 0 Å². The average Bonchev–Trinajstić information content (AvgIpc) is 1.55. The van der Waals surface area contributed by atoms with Crippen molar-refractivity contribution >= 4 is 115 Å². The Labute approximate surface area is 651 Å². The molecule has 0 saturated heterocycles. The predicted octanol–water partition coefficient (Wildman–Crippen LogP) is 25.0. The van der Waals surface area contributed by atoms with E-state index in [1.807, 2.05) is 97.1 Å². The van der Waals surface area contributed by atoms with E-state index >= 15 is 0 Å². The van der Waals surface area contributed by atoms with Crippen LogP contribution in [0.1, 0.15) is 33.4 Å². The summed E-state index contributed by atoms with van der Waals surface area (Å²) >= 11 is 1.80. The molecule has 0 fully saturated rings. The first-order valence-electron chi connectivity index (χ1n) is 36.5. The van der Waals surface area contributed by atoms with Gasteiger partial charge in [0.05, 0.1) is 68.3 Å². The molecule has 1 heterocycles. The Kier molecular flexibility index (Phi) is 19.1. The maximum atomic E-state index is 5.67. The van der Waals surface area contributed by atoms with Crippen molar-refractivity contribution in [2.24, 2.45) is 0 Å². The van der Waals surface area contributed by atoms with Gasteiger partial charge in [-0.15, -0.1) is 0 Å². The molecular weight excluding hydrogens is 1400 g/mol. The standard InChI is InChI=1S/C97H79N5O8S/c1-98-94-52-10-62(54-88-90-58-72(99(64-12-32-76(103-2)33-13-64)65-14-34-77(104-3)35-15-65)28-48-84(90)85-49-29-73(59-91(85)88)100(66-16-36-78(105-4)37-17-66)67-18-38-79(106-5)39-19-67)56-96(94)111-97-57-63(11-53-95(97)98)55-89-92-60-74(101(68-20-40-80(107-6)41-21-68)69-22-42-81(108-7)43-23-69)30-50-86(92)87-51-31-75(61-93(87)89)102(70-24-44-82(109-8)45-25-70)71-26-46-83(110-9)47-27-71/h10-61H,1-9H3. The van der Waals surface area contributed by atoms with Gasteiger partial charge in [-0.1, -0.05) is 48.2 Å². The molecule has 14 aromatic carbocycles. The molecule has 0 bridgehead atoms. The number of methoxy groups -OCH3 is 8. The van der Waals surface area contributed by atoms with E-state index in [-0.39, 0.29) is 0 Å². The van der Waals surface area contributed by atoms with Crippen molar-refractivity contribution in [3.05, 3.63) is 337 Å². The van der Waals surface area contributed by atoms with Crippen molar-refractivity contribution in [2.75, 3.05) is 88.4 Å². The molecule has 0 N–H and O–H groups in total. The van der Waals surface area contributed by atoms with Gasteiger partial charge in [-0.3, -0.25) is 0 Å². The minimum Gasteiger partial charge on any atom is -0.497 e. The van der Waals surface area contributed by atoms with Crippen LogP contribution < -0.4 is 62.4 Å². The number of hydrogen-bond acceptors (Lipinski definition) is 14. The first kappa shape index (κ1) is 70.3. The molecule has 111 heavy (non-hydrogen) atoms. The summed E-state index contributed by atoms with van der Waals surface area (Å²) in [6.07, 6.45) is 4.75. The van der Waals surface area contributed by atoms with E-state index in [9.17, 15) is 0 Å². The van der Waals surface area contributed by atoms with E-state index in [1.54, 1.807) is 68.6 Å². The smallest absolute Gasteiger partial charge is 0.119 e. The number of anilines is 14. The maximum Gasteiger partial charge on any atom is 0.119 e. The Balaban J connectivity index is 0.793. The molecule has 1 aliphatic heterocycles. The minimum atomic E-state index is 0.777. The quantitative estimate of drug-likeness (QED) is 0.0645. The molecule has 3 aliphatic rings. The molecule has 14 heteroatoms. The van der Waals surface area contributed by atoms with Gasteiger partial charge in [0.2, 0.25) is 0 Å². The number of rotatable bonds is 22. The van der Waals surface area contributed by atoms with E-state index in [4.69, 9.17) is 37.9 Å². The zero-order valence-electron chi connectivity index (χ0n) is 62.9. The lowest BCUT2D eigenvalue weighted by molar-refractivity contribution is 0.414. The predicted molar refractivity (Wildman–Crippen MR) is 454 cm³/mol. The Morgan fingerprint density at radius 3 is 0.595 bits per heavy atom. The fourth-order valence-corrected chi connectivity index (χ4v) is 16.5. The van der Waals surface area contributed by atoms with Gasteiger partial charge in [0.1, 0.15) is 46.0 Å². The molecule has 546 valence electrons. The van der Waals surface area contributed by atoms with E-state index in [1.165, 1.54) is 0 Å². The van der Waals surface area contributed by atoms with Crippen LogP contribution in [0.25, 0.3) is 45.6 Å². The number of hydrogen-bond donors (Lipinski definition) is 0. The summed E-state index contributed by atoms with van der Waals surface area (Å²) in [7, 11) is 15.7. The Bertz CT molecular complexity index is 5000. The maximum absolute atomic E-state index is 5.67. The molecule has 2 aliphatic carbocycles. The highest BCUT2D eigenvalue weighted by molar-refractivity contribution is 7.99. The highest BCUT2D eigenvalue weighted by Crippen LogP contribution is 2.55. The summed E-state index contributed by atoms with van der Waals surface area (Å²) in [5.41, 5.74) is 27.3. The van der Waals surface area contributed by atoms with Crippen molar-refractivity contribution in [2.45, 2.75) is 9.79 Å². The highest BCUT2D eigenvalue weighted by Gasteiger charge is 2.32. The zero-order valence-corrected chi connectivity index (χ0v) is 63.7. The lowest BCUT2D eigenvalue weighted by atomic mass is 9.99. The average molecular weight is 1470 g/mol. The van der Waals surface area contributed by atoms with Gasteiger partial charge in [0.15, 0.2) is 0 Å². The number of nitrogens with zero attached hydrogens (tertiary/aromatic N) is 5. The second kappa shape index (κ2) is 30.2. The van der Waals surface area contributed by atoms with Gasteiger partial charge in [-0.05, 0) is 346 Å². The van der Waals surface area contributed by atoms with Crippen LogP contribution in [-0.4, -0.2) is 63.9 Å². The number of fused-ring (bicyclic) bond motifs is 8. The van der Waals surface area contributed by atoms with Crippen molar-refractivity contribution < 1.29 is 37.9 Å². The monoisotopic (exact) mass is 1470 g/mol. The zero-order chi connectivity index (χ0) is 75.8. The Hall–Kier alpha value is -13.7. The lowest BCUT2D eigenvalue weighted by Crippen LogP contribution is -2.14. The fourth-order valence-electron chi connectivity index (χ4n) is 15.3. The summed E-state index contributed by atoms with van der Waals surface area (Å²) in [4.78, 5) is 13.8. The second-order valence-corrected chi connectivity index (χ2v) is 28.2. The largest absolute Gasteiger partial charge is 0.497 e. The molecule has 0 spiro atoms. The van der Waals surface area contributed by atoms with E-state index in [0.717, 1.165) is 202 Å². The lowest BCUT2D eigenvalue weighted by Gasteiger charge is -2.30. The summed E-state index contributed by atoms with van der Waals surface area (Å²) in [5, 5.41) is 0. The third-order valence-electron chi connectivity index (χ3n) is 21.0. The number of benzene rings is 14. The Morgan fingerprint density at radius 1 is 0.216 bits per heavy atom. The van der Waals surface area contributed by atoms with E-state index in [0.29, 0.717) is 0 Å². The topological polar surface area (TPSA) is 90.0 Å². The van der Waals surface area contributed by atoms with Crippen LogP contribution in [0.2, 0.25) is 0 Å². The molecule has 0 unspecified atom stereocenters. The normalized spacial score (nSPS) is 11.9. The molecule has 0 amide bonds. The summed E-state index contributed by atoms with van der Waals surface area (Å²) in [6, 6.07) is 107. The molecule has 0 atom stereocenters. The van der Waals surface area contributed by atoms with Crippen molar-refractivity contribution in [3.8, 4) is 68.2 Å². The van der Waals surface area contributed by atoms with Crippen LogP contribution >= 0.6 is 11.8 Å². The van der Waals surface area contributed by atoms with Crippen LogP contribution in [0.5, 0.6) is 46.0 Å². The van der Waals surface area contributed by atoms with Crippen molar-refractivity contribution in [1.29, 1.82) is 0 Å². The minimum absolute atomic E-state index is 0.777. The highest BCUT2D eigenvalue weighted by atomic mass is 32.2. The summed E-state index contributed by atoms with van der Waals surface area (Å²) < 4.78 is 45.4. The SMILES string of the molecule is COc1ccc(N(c2ccc(OC)cc2)c2ccc3c(c2)C(=Cc2ccc4c(c2)Sc2cc(C=C5c6cc(N(c7ccc(OC)cc7)c7ccc(OC)cc7)ccc6-c6ccc(N(c7ccc(OC)cc7)c7ccc(OC)cc7)cc65)ccc2N4C)c2cc(N(c4ccc(OC)cc4)c4ccc(OC)cc4)ccc2-3)cc1. The van der Waals surface area contributed by atoms with Gasteiger partial charge in [-0.2, -0.15) is 0 Å². The van der Waals surface area contributed by atoms with Crippen LogP contribution in [-0.2, 0) is 0 Å². The first-order valence-corrected chi connectivity index (χ1v) is 37.4. The van der Waals surface area contributed by atoms with E-state index in [2.05, 4.69) is 250 Å². The van der Waals surface area contributed by atoms with Crippen LogP contribution in [0.15, 0.2) is 313 Å². The summed E-state index contributed by atoms with van der Waals surface area (Å²) in [6.45, 7) is 0. The van der Waals surface area contributed by atoms with Gasteiger partial charge < -0.3 is 62.4 Å². The van der Waals surface area contributed by atoms with E-state index < -0.39 is 0 Å². The molecule has 17 rings (SSSR count).